The van der Waals surface area contributed by atoms with Gasteiger partial charge in [-0.2, -0.15) is 0 Å². The molecule has 0 saturated carbocycles. The van der Waals surface area contributed by atoms with E-state index in [0.717, 1.165) is 5.56 Å². The summed E-state index contributed by atoms with van der Waals surface area (Å²) in [4.78, 5) is 67.6. The van der Waals surface area contributed by atoms with Crippen LogP contribution in [0, 0.1) is 0 Å². The van der Waals surface area contributed by atoms with Crippen molar-refractivity contribution in [3.05, 3.63) is 96.1 Å². The Morgan fingerprint density at radius 3 is 2.17 bits per heavy atom. The molecule has 3 aromatic rings. The summed E-state index contributed by atoms with van der Waals surface area (Å²) in [5.74, 6) is -1.94. The maximum Gasteiger partial charge on any atom is 0.408 e. The van der Waals surface area contributed by atoms with E-state index in [0.29, 0.717) is 36.3 Å². The molecule has 0 spiro atoms. The van der Waals surface area contributed by atoms with Crippen LogP contribution in [0.5, 0.6) is 0 Å². The molecule has 0 aromatic heterocycles. The number of esters is 1. The normalized spacial score (nSPS) is 15.5. The summed E-state index contributed by atoms with van der Waals surface area (Å²) in [6.07, 6.45) is 0.411. The van der Waals surface area contributed by atoms with Crippen LogP contribution < -0.4 is 21.3 Å². The number of nitrogens with one attached hydrogen (secondary N) is 4. The lowest BCUT2D eigenvalue weighted by atomic mass is 10.0. The molecule has 0 aliphatic carbocycles. The molecule has 1 heterocycles. The van der Waals surface area contributed by atoms with Crippen LogP contribution in [-0.4, -0.2) is 78.2 Å². The third-order valence-electron chi connectivity index (χ3n) is 8.23. The second kappa shape index (κ2) is 17.7. The van der Waals surface area contributed by atoms with Gasteiger partial charge in [0.15, 0.2) is 0 Å². The van der Waals surface area contributed by atoms with E-state index in [9.17, 15) is 24.0 Å². The zero-order valence-corrected chi connectivity index (χ0v) is 30.6. The van der Waals surface area contributed by atoms with Crippen molar-refractivity contribution < 1.29 is 38.2 Å². The van der Waals surface area contributed by atoms with Crippen LogP contribution >= 0.6 is 0 Å². The van der Waals surface area contributed by atoms with Gasteiger partial charge >= 0.3 is 12.1 Å². The fourth-order valence-electron chi connectivity index (χ4n) is 5.60. The van der Waals surface area contributed by atoms with Crippen LogP contribution in [0.3, 0.4) is 0 Å². The SMILES string of the molecule is COC(=O)[C@@H]1CCCN1C(=O)C(Nc1cccc(NC(=O)[C@@H](COCc2ccccc2)NC(=O)C(C)(C)NC(=O)OC(C)(C)C)c1)c1ccccc1. The summed E-state index contributed by atoms with van der Waals surface area (Å²) in [6.45, 7) is 8.58. The number of alkyl carbamates (subject to hydrolysis) is 1. The molecule has 1 saturated heterocycles. The summed E-state index contributed by atoms with van der Waals surface area (Å²) < 4.78 is 16.1. The number of rotatable bonds is 14. The summed E-state index contributed by atoms with van der Waals surface area (Å²) >= 11 is 0. The molecule has 3 aromatic carbocycles. The summed E-state index contributed by atoms with van der Waals surface area (Å²) in [5, 5.41) is 11.4. The third-order valence-corrected chi connectivity index (χ3v) is 8.23. The number of nitrogens with zero attached hydrogens (tertiary/aromatic N) is 1. The number of hydrogen-bond donors (Lipinski definition) is 4. The van der Waals surface area contributed by atoms with Gasteiger partial charge in [0.05, 0.1) is 20.3 Å². The van der Waals surface area contributed by atoms with Crippen molar-refractivity contribution in [3.8, 4) is 0 Å². The smallest absolute Gasteiger partial charge is 0.408 e. The minimum Gasteiger partial charge on any atom is -0.467 e. The van der Waals surface area contributed by atoms with Crippen molar-refractivity contribution in [1.82, 2.24) is 15.5 Å². The van der Waals surface area contributed by atoms with Crippen LogP contribution in [0.2, 0.25) is 0 Å². The topological polar surface area (TPSA) is 164 Å². The van der Waals surface area contributed by atoms with Crippen LogP contribution in [0.25, 0.3) is 0 Å². The van der Waals surface area contributed by atoms with Gasteiger partial charge in [-0.25, -0.2) is 9.59 Å². The van der Waals surface area contributed by atoms with Crippen molar-refractivity contribution in [2.45, 2.75) is 83.3 Å². The Morgan fingerprint density at radius 1 is 0.865 bits per heavy atom. The van der Waals surface area contributed by atoms with Gasteiger partial charge in [0, 0.05) is 17.9 Å². The first kappa shape index (κ1) is 39.4. The van der Waals surface area contributed by atoms with E-state index >= 15 is 0 Å². The van der Waals surface area contributed by atoms with Gasteiger partial charge in [0.1, 0.15) is 29.3 Å². The van der Waals surface area contributed by atoms with E-state index in [2.05, 4.69) is 21.3 Å². The molecule has 1 unspecified atom stereocenters. The molecule has 4 rings (SSSR count). The molecule has 4 N–H and O–H groups in total. The summed E-state index contributed by atoms with van der Waals surface area (Å²) in [7, 11) is 1.31. The van der Waals surface area contributed by atoms with E-state index in [-0.39, 0.29) is 19.1 Å². The van der Waals surface area contributed by atoms with E-state index in [1.165, 1.54) is 21.0 Å². The zero-order valence-electron chi connectivity index (χ0n) is 30.6. The summed E-state index contributed by atoms with van der Waals surface area (Å²) in [6, 6.07) is 22.7. The van der Waals surface area contributed by atoms with Crippen LogP contribution in [0.1, 0.15) is 64.6 Å². The van der Waals surface area contributed by atoms with Gasteiger partial charge in [-0.05, 0) is 76.8 Å². The number of methoxy groups -OCH3 is 1. The number of hydrogen-bond acceptors (Lipinski definition) is 9. The largest absolute Gasteiger partial charge is 0.467 e. The maximum absolute atomic E-state index is 14.0. The van der Waals surface area contributed by atoms with Crippen LogP contribution in [0.4, 0.5) is 16.2 Å². The number of carbonyl (C=O) groups is 5. The van der Waals surface area contributed by atoms with Gasteiger partial charge in [0.2, 0.25) is 17.7 Å². The van der Waals surface area contributed by atoms with Crippen molar-refractivity contribution in [3.63, 3.8) is 0 Å². The molecular weight excluding hydrogens is 666 g/mol. The Balaban J connectivity index is 1.52. The van der Waals surface area contributed by atoms with Crippen molar-refractivity contribution in [2.24, 2.45) is 0 Å². The Bertz CT molecular complexity index is 1690. The van der Waals surface area contributed by atoms with Gasteiger partial charge in [-0.15, -0.1) is 0 Å². The number of carbonyl (C=O) groups excluding carboxylic acids is 5. The molecule has 0 bridgehead atoms. The number of amides is 4. The van der Waals surface area contributed by atoms with E-state index in [4.69, 9.17) is 14.2 Å². The molecular formula is C39H49N5O8. The molecule has 3 atom stereocenters. The molecule has 1 fully saturated rings. The molecule has 278 valence electrons. The molecule has 1 aliphatic rings. The molecule has 1 aliphatic heterocycles. The monoisotopic (exact) mass is 715 g/mol. The highest BCUT2D eigenvalue weighted by atomic mass is 16.6. The van der Waals surface area contributed by atoms with Crippen LogP contribution in [0.15, 0.2) is 84.9 Å². The van der Waals surface area contributed by atoms with Crippen molar-refractivity contribution in [2.75, 3.05) is 30.9 Å². The molecule has 13 nitrogen and oxygen atoms in total. The average Bonchev–Trinajstić information content (AvgIpc) is 3.60. The highest BCUT2D eigenvalue weighted by molar-refractivity contribution is 5.99. The fourth-order valence-corrected chi connectivity index (χ4v) is 5.60. The van der Waals surface area contributed by atoms with Gasteiger partial charge < -0.3 is 40.4 Å². The third kappa shape index (κ3) is 11.3. The molecule has 0 radical (unpaired) electrons. The highest BCUT2D eigenvalue weighted by Gasteiger charge is 2.39. The first-order valence-corrected chi connectivity index (χ1v) is 17.2. The van der Waals surface area contributed by atoms with Crippen molar-refractivity contribution in [1.29, 1.82) is 0 Å². The van der Waals surface area contributed by atoms with E-state index in [1.54, 1.807) is 49.9 Å². The first-order valence-electron chi connectivity index (χ1n) is 17.2. The second-order valence-electron chi connectivity index (χ2n) is 14.0. The lowest BCUT2D eigenvalue weighted by Crippen LogP contribution is -2.59. The van der Waals surface area contributed by atoms with E-state index in [1.807, 2.05) is 60.7 Å². The Labute approximate surface area is 304 Å². The molecule has 13 heteroatoms. The highest BCUT2D eigenvalue weighted by Crippen LogP contribution is 2.28. The quantitative estimate of drug-likeness (QED) is 0.169. The standard InChI is InChI=1S/C39H49N5O8/c1-38(2,3)52-37(49)43-39(4,5)36(48)42-30(25-51-24-26-15-9-7-10-16-26)33(45)41-29-20-13-19-28(23-29)40-32(27-17-11-8-12-18-27)34(46)44-22-14-21-31(44)35(47)50-6/h7-13,15-20,23,30-32,40H,14,21-22,24-25H2,1-6H3,(H,41,45)(H,42,48)(H,43,49)/t30-,31+,32?/m1/s1. The predicted octanol–water partition coefficient (Wildman–Crippen LogP) is 4.95. The number of likely N-dealkylation sites (tertiary alicyclic amines) is 1. The van der Waals surface area contributed by atoms with Gasteiger partial charge in [-0.1, -0.05) is 66.7 Å². The molecule has 4 amide bonds. The molecule has 52 heavy (non-hydrogen) atoms. The van der Waals surface area contributed by atoms with Gasteiger partial charge in [-0.3, -0.25) is 14.4 Å². The minimum absolute atomic E-state index is 0.172. The maximum atomic E-state index is 14.0. The number of benzene rings is 3. The minimum atomic E-state index is -1.44. The van der Waals surface area contributed by atoms with Gasteiger partial charge in [0.25, 0.3) is 0 Å². The number of anilines is 2. The first-order chi connectivity index (χ1) is 24.7. The zero-order chi connectivity index (χ0) is 37.9. The number of ether oxygens (including phenoxy) is 3. The van der Waals surface area contributed by atoms with Crippen molar-refractivity contribution >= 4 is 41.2 Å². The lowest BCUT2D eigenvalue weighted by Gasteiger charge is -2.29. The predicted molar refractivity (Wildman–Crippen MR) is 196 cm³/mol. The van der Waals surface area contributed by atoms with Crippen LogP contribution in [-0.2, 0) is 40.0 Å². The lowest BCUT2D eigenvalue weighted by molar-refractivity contribution is -0.151. The Morgan fingerprint density at radius 2 is 1.52 bits per heavy atom. The second-order valence-corrected chi connectivity index (χ2v) is 14.0. The fraction of sp³-hybridized carbons (Fsp3) is 0.410. The van der Waals surface area contributed by atoms with E-state index < -0.39 is 53.1 Å². The Hall–Kier alpha value is -5.43. The average molecular weight is 716 g/mol. The summed E-state index contributed by atoms with van der Waals surface area (Å²) in [5.41, 5.74) is 0.271. The Kier molecular flexibility index (Phi) is 13.4.